The van der Waals surface area contributed by atoms with Gasteiger partial charge in [-0.15, -0.1) is 0 Å². The Hall–Kier alpha value is -3.61. The molecule has 0 radical (unpaired) electrons. The number of benzene rings is 2. The van der Waals surface area contributed by atoms with Gasteiger partial charge in [0.2, 0.25) is 0 Å². The standard InChI is InChI=1S/C22H22N2O5/c1-24(13-15-8-11-19(27-2)20(12-15)28-3)21(25)14-29-22(26)18-10-9-16-6-4-5-7-17(16)23-18/h4-12H,13-14H2,1-3H3. The molecule has 0 N–H and O–H groups in total. The lowest BCUT2D eigenvalue weighted by Gasteiger charge is -2.18. The van der Waals surface area contributed by atoms with Crippen LogP contribution in [-0.4, -0.2) is 49.6 Å². The number of para-hydroxylation sites is 1. The number of pyridine rings is 1. The topological polar surface area (TPSA) is 78.0 Å². The van der Waals surface area contributed by atoms with Crippen LogP contribution >= 0.6 is 0 Å². The molecule has 0 aliphatic carbocycles. The third kappa shape index (κ3) is 4.82. The minimum absolute atomic E-state index is 0.166. The molecule has 7 heteroatoms. The van der Waals surface area contributed by atoms with Crippen molar-refractivity contribution in [3.8, 4) is 11.5 Å². The van der Waals surface area contributed by atoms with E-state index in [1.165, 1.54) is 4.90 Å². The number of likely N-dealkylation sites (N-methyl/N-ethyl adjacent to an activating group) is 1. The van der Waals surface area contributed by atoms with E-state index in [9.17, 15) is 9.59 Å². The Morgan fingerprint density at radius 1 is 0.966 bits per heavy atom. The Kier molecular flexibility index (Phi) is 6.29. The minimum atomic E-state index is -0.636. The molecule has 0 fully saturated rings. The highest BCUT2D eigenvalue weighted by Gasteiger charge is 2.16. The molecule has 0 aliphatic rings. The molecule has 29 heavy (non-hydrogen) atoms. The first-order chi connectivity index (χ1) is 14.0. The molecule has 0 saturated carbocycles. The average Bonchev–Trinajstić information content (AvgIpc) is 2.76. The molecule has 0 unspecified atom stereocenters. The summed E-state index contributed by atoms with van der Waals surface area (Å²) in [6.07, 6.45) is 0. The molecule has 150 valence electrons. The monoisotopic (exact) mass is 394 g/mol. The number of ether oxygens (including phenoxy) is 3. The van der Waals surface area contributed by atoms with Crippen molar-refractivity contribution in [3.63, 3.8) is 0 Å². The van der Waals surface area contributed by atoms with Crippen molar-refractivity contribution >= 4 is 22.8 Å². The molecule has 0 aliphatic heterocycles. The van der Waals surface area contributed by atoms with Crippen LogP contribution in [0.2, 0.25) is 0 Å². The fraction of sp³-hybridized carbons (Fsp3) is 0.227. The summed E-state index contributed by atoms with van der Waals surface area (Å²) in [6, 6.07) is 16.3. The summed E-state index contributed by atoms with van der Waals surface area (Å²) in [7, 11) is 4.75. The van der Waals surface area contributed by atoms with Crippen LogP contribution in [0.4, 0.5) is 0 Å². The Bertz CT molecular complexity index is 1030. The molecule has 3 aromatic rings. The number of nitrogens with zero attached hydrogens (tertiary/aromatic N) is 2. The number of methoxy groups -OCH3 is 2. The van der Waals surface area contributed by atoms with Gasteiger partial charge in [-0.3, -0.25) is 4.79 Å². The van der Waals surface area contributed by atoms with Crippen LogP contribution in [0.5, 0.6) is 11.5 Å². The summed E-state index contributed by atoms with van der Waals surface area (Å²) in [6.45, 7) is -0.0257. The Morgan fingerprint density at radius 2 is 1.72 bits per heavy atom. The van der Waals surface area contributed by atoms with Crippen molar-refractivity contribution in [1.29, 1.82) is 0 Å². The first-order valence-electron chi connectivity index (χ1n) is 8.99. The second-order valence-corrected chi connectivity index (χ2v) is 6.40. The maximum atomic E-state index is 12.3. The normalized spacial score (nSPS) is 10.4. The van der Waals surface area contributed by atoms with E-state index in [1.54, 1.807) is 45.5 Å². The van der Waals surface area contributed by atoms with Crippen LogP contribution in [0, 0.1) is 0 Å². The second kappa shape index (κ2) is 9.05. The molecular weight excluding hydrogens is 372 g/mol. The first-order valence-corrected chi connectivity index (χ1v) is 8.99. The minimum Gasteiger partial charge on any atom is -0.493 e. The molecule has 3 rings (SSSR count). The number of amides is 1. The van der Waals surface area contributed by atoms with Crippen LogP contribution in [0.25, 0.3) is 10.9 Å². The molecule has 1 aromatic heterocycles. The van der Waals surface area contributed by atoms with Crippen LogP contribution in [-0.2, 0) is 16.1 Å². The van der Waals surface area contributed by atoms with Gasteiger partial charge in [0.05, 0.1) is 19.7 Å². The molecule has 1 amide bonds. The van der Waals surface area contributed by atoms with E-state index in [2.05, 4.69) is 4.98 Å². The van der Waals surface area contributed by atoms with E-state index in [0.29, 0.717) is 23.6 Å². The van der Waals surface area contributed by atoms with Gasteiger partial charge in [-0.05, 0) is 29.8 Å². The van der Waals surface area contributed by atoms with Crippen molar-refractivity contribution < 1.29 is 23.8 Å². The lowest BCUT2D eigenvalue weighted by atomic mass is 10.2. The summed E-state index contributed by atoms with van der Waals surface area (Å²) >= 11 is 0. The zero-order valence-corrected chi connectivity index (χ0v) is 16.5. The zero-order valence-electron chi connectivity index (χ0n) is 16.5. The van der Waals surface area contributed by atoms with Crippen LogP contribution in [0.15, 0.2) is 54.6 Å². The SMILES string of the molecule is COc1ccc(CN(C)C(=O)COC(=O)c2ccc3ccccc3n2)cc1OC. The third-order valence-corrected chi connectivity index (χ3v) is 4.43. The predicted octanol–water partition coefficient (Wildman–Crippen LogP) is 3.07. The molecular formula is C22H22N2O5. The van der Waals surface area contributed by atoms with Crippen LogP contribution < -0.4 is 9.47 Å². The summed E-state index contributed by atoms with van der Waals surface area (Å²) in [5, 5.41) is 0.926. The quantitative estimate of drug-likeness (QED) is 0.573. The fourth-order valence-corrected chi connectivity index (χ4v) is 2.83. The van der Waals surface area contributed by atoms with E-state index < -0.39 is 5.97 Å². The van der Waals surface area contributed by atoms with Crippen molar-refractivity contribution in [2.24, 2.45) is 0 Å². The maximum absolute atomic E-state index is 12.3. The summed E-state index contributed by atoms with van der Waals surface area (Å²) in [5.74, 6) is 0.235. The summed E-state index contributed by atoms with van der Waals surface area (Å²) in [5.41, 5.74) is 1.72. The molecule has 7 nitrogen and oxygen atoms in total. The molecule has 1 heterocycles. The number of esters is 1. The van der Waals surface area contributed by atoms with Crippen molar-refractivity contribution in [1.82, 2.24) is 9.88 Å². The molecule has 0 atom stereocenters. The number of aromatic nitrogens is 1. The number of hydrogen-bond acceptors (Lipinski definition) is 6. The number of hydrogen-bond donors (Lipinski definition) is 0. The van der Waals surface area contributed by atoms with E-state index in [1.807, 2.05) is 30.3 Å². The zero-order chi connectivity index (χ0) is 20.8. The Morgan fingerprint density at radius 3 is 2.48 bits per heavy atom. The first kappa shape index (κ1) is 20.1. The highest BCUT2D eigenvalue weighted by atomic mass is 16.5. The molecule has 0 bridgehead atoms. The van der Waals surface area contributed by atoms with Crippen molar-refractivity contribution in [2.45, 2.75) is 6.54 Å². The molecule has 2 aromatic carbocycles. The summed E-state index contributed by atoms with van der Waals surface area (Å²) in [4.78, 5) is 30.3. The van der Waals surface area contributed by atoms with Crippen molar-refractivity contribution in [3.05, 3.63) is 65.9 Å². The van der Waals surface area contributed by atoms with E-state index in [0.717, 1.165) is 10.9 Å². The smallest absolute Gasteiger partial charge is 0.357 e. The van der Waals surface area contributed by atoms with Gasteiger partial charge in [0.25, 0.3) is 5.91 Å². The largest absolute Gasteiger partial charge is 0.493 e. The Labute approximate surface area is 168 Å². The van der Waals surface area contributed by atoms with E-state index >= 15 is 0 Å². The predicted molar refractivity (Wildman–Crippen MR) is 108 cm³/mol. The molecule has 0 saturated heterocycles. The van der Waals surface area contributed by atoms with Gasteiger partial charge in [0, 0.05) is 19.0 Å². The van der Waals surface area contributed by atoms with Gasteiger partial charge in [-0.25, -0.2) is 9.78 Å². The van der Waals surface area contributed by atoms with Gasteiger partial charge in [0.1, 0.15) is 5.69 Å². The van der Waals surface area contributed by atoms with Gasteiger partial charge in [-0.2, -0.15) is 0 Å². The highest BCUT2D eigenvalue weighted by Crippen LogP contribution is 2.27. The average molecular weight is 394 g/mol. The number of carbonyl (C=O) groups is 2. The van der Waals surface area contributed by atoms with Crippen LogP contribution in [0.3, 0.4) is 0 Å². The van der Waals surface area contributed by atoms with E-state index in [-0.39, 0.29) is 18.2 Å². The second-order valence-electron chi connectivity index (χ2n) is 6.40. The number of rotatable bonds is 7. The molecule has 0 spiro atoms. The lowest BCUT2D eigenvalue weighted by Crippen LogP contribution is -2.31. The fourth-order valence-electron chi connectivity index (χ4n) is 2.83. The van der Waals surface area contributed by atoms with Gasteiger partial charge >= 0.3 is 5.97 Å². The lowest BCUT2D eigenvalue weighted by molar-refractivity contribution is -0.133. The number of fused-ring (bicyclic) bond motifs is 1. The van der Waals surface area contributed by atoms with Gasteiger partial charge in [-0.1, -0.05) is 30.3 Å². The third-order valence-electron chi connectivity index (χ3n) is 4.43. The van der Waals surface area contributed by atoms with Crippen LogP contribution in [0.1, 0.15) is 16.1 Å². The maximum Gasteiger partial charge on any atom is 0.357 e. The van der Waals surface area contributed by atoms with Gasteiger partial charge < -0.3 is 19.1 Å². The number of carbonyl (C=O) groups excluding carboxylic acids is 2. The Balaban J connectivity index is 1.58. The van der Waals surface area contributed by atoms with E-state index in [4.69, 9.17) is 14.2 Å². The van der Waals surface area contributed by atoms with Gasteiger partial charge in [0.15, 0.2) is 18.1 Å². The highest BCUT2D eigenvalue weighted by molar-refractivity contribution is 5.92. The van der Waals surface area contributed by atoms with Crippen molar-refractivity contribution in [2.75, 3.05) is 27.9 Å². The summed E-state index contributed by atoms with van der Waals surface area (Å²) < 4.78 is 15.6.